The van der Waals surface area contributed by atoms with Gasteiger partial charge >= 0.3 is 0 Å². The maximum Gasteiger partial charge on any atom is 0.234 e. The van der Waals surface area contributed by atoms with E-state index in [0.29, 0.717) is 19.1 Å². The van der Waals surface area contributed by atoms with Crippen molar-refractivity contribution >= 4 is 5.91 Å². The predicted octanol–water partition coefficient (Wildman–Crippen LogP) is 0.343. The molecule has 0 aliphatic rings. The Balaban J connectivity index is 2.34. The third-order valence-corrected chi connectivity index (χ3v) is 2.26. The van der Waals surface area contributed by atoms with Gasteiger partial charge in [-0.1, -0.05) is 13.8 Å². The van der Waals surface area contributed by atoms with Crippen LogP contribution in [0.3, 0.4) is 0 Å². The molecule has 0 radical (unpaired) electrons. The first-order valence-corrected chi connectivity index (χ1v) is 5.48. The normalized spacial score (nSPS) is 10.8. The number of hydrogen-bond acceptors (Lipinski definition) is 3. The summed E-state index contributed by atoms with van der Waals surface area (Å²) in [6, 6.07) is 0.325. The number of aromatic nitrogens is 2. The van der Waals surface area contributed by atoms with E-state index in [1.54, 1.807) is 4.68 Å². The number of nitrogens with one attached hydrogen (secondary N) is 2. The Morgan fingerprint density at radius 1 is 1.56 bits per heavy atom. The number of rotatable bonds is 5. The number of amides is 1. The lowest BCUT2D eigenvalue weighted by atomic mass is 10.2. The highest BCUT2D eigenvalue weighted by atomic mass is 16.1. The molecular weight excluding hydrogens is 204 g/mol. The monoisotopic (exact) mass is 224 g/mol. The molecule has 5 nitrogen and oxygen atoms in total. The van der Waals surface area contributed by atoms with Crippen LogP contribution >= 0.6 is 0 Å². The number of aryl methyl sites for hydroxylation is 2. The van der Waals surface area contributed by atoms with Crippen molar-refractivity contribution in [1.82, 2.24) is 20.4 Å². The van der Waals surface area contributed by atoms with E-state index >= 15 is 0 Å². The number of carbonyl (C=O) groups excluding carboxylic acids is 1. The van der Waals surface area contributed by atoms with Gasteiger partial charge in [0.2, 0.25) is 5.91 Å². The van der Waals surface area contributed by atoms with E-state index in [4.69, 9.17) is 0 Å². The Morgan fingerprint density at radius 2 is 2.25 bits per heavy atom. The molecule has 0 aliphatic carbocycles. The fourth-order valence-electron chi connectivity index (χ4n) is 1.38. The molecule has 0 bridgehead atoms. The lowest BCUT2D eigenvalue weighted by molar-refractivity contribution is -0.120. The minimum atomic E-state index is 0.0111. The van der Waals surface area contributed by atoms with Gasteiger partial charge in [0.15, 0.2) is 0 Å². The molecule has 16 heavy (non-hydrogen) atoms. The molecule has 1 heterocycles. The smallest absolute Gasteiger partial charge is 0.234 e. The zero-order valence-corrected chi connectivity index (χ0v) is 10.4. The minimum absolute atomic E-state index is 0.0111. The van der Waals surface area contributed by atoms with Gasteiger partial charge in [-0.15, -0.1) is 0 Å². The quantitative estimate of drug-likeness (QED) is 0.758. The Kier molecular flexibility index (Phi) is 4.49. The number of hydrogen-bond donors (Lipinski definition) is 2. The molecule has 1 aromatic heterocycles. The summed E-state index contributed by atoms with van der Waals surface area (Å²) in [6.07, 6.45) is 1.92. The molecular formula is C11H20N4O. The third-order valence-electron chi connectivity index (χ3n) is 2.26. The molecule has 0 saturated carbocycles. The van der Waals surface area contributed by atoms with Crippen LogP contribution in [0.4, 0.5) is 0 Å². The minimum Gasteiger partial charge on any atom is -0.351 e. The van der Waals surface area contributed by atoms with E-state index in [9.17, 15) is 4.79 Å². The highest BCUT2D eigenvalue weighted by Crippen LogP contribution is 2.03. The van der Waals surface area contributed by atoms with E-state index < -0.39 is 0 Å². The van der Waals surface area contributed by atoms with Crippen LogP contribution < -0.4 is 10.6 Å². The fourth-order valence-corrected chi connectivity index (χ4v) is 1.38. The highest BCUT2D eigenvalue weighted by Gasteiger charge is 2.05. The first-order chi connectivity index (χ1) is 7.49. The predicted molar refractivity (Wildman–Crippen MR) is 62.9 cm³/mol. The second-order valence-corrected chi connectivity index (χ2v) is 4.23. The summed E-state index contributed by atoms with van der Waals surface area (Å²) >= 11 is 0. The molecule has 0 spiro atoms. The second-order valence-electron chi connectivity index (χ2n) is 4.23. The average molecular weight is 224 g/mol. The van der Waals surface area contributed by atoms with Crippen molar-refractivity contribution < 1.29 is 4.79 Å². The van der Waals surface area contributed by atoms with Crippen LogP contribution in [0, 0.1) is 6.92 Å². The van der Waals surface area contributed by atoms with E-state index in [1.165, 1.54) is 0 Å². The summed E-state index contributed by atoms with van der Waals surface area (Å²) < 4.78 is 1.75. The Hall–Kier alpha value is -1.36. The standard InChI is InChI=1S/C11H20N4O/c1-8(2)12-6-11(16)13-5-10-7-15(4)14-9(10)3/h7-8,12H,5-6H2,1-4H3,(H,13,16). The summed E-state index contributed by atoms with van der Waals surface area (Å²) in [4.78, 5) is 11.4. The largest absolute Gasteiger partial charge is 0.351 e. The zero-order chi connectivity index (χ0) is 12.1. The summed E-state index contributed by atoms with van der Waals surface area (Å²) in [6.45, 7) is 6.86. The third kappa shape index (κ3) is 4.02. The van der Waals surface area contributed by atoms with Crippen LogP contribution in [0.25, 0.3) is 0 Å². The zero-order valence-electron chi connectivity index (χ0n) is 10.4. The van der Waals surface area contributed by atoms with E-state index in [1.807, 2.05) is 34.0 Å². The summed E-state index contributed by atoms with van der Waals surface area (Å²) in [7, 11) is 1.87. The molecule has 0 saturated heterocycles. The van der Waals surface area contributed by atoms with Crippen LogP contribution in [0.5, 0.6) is 0 Å². The molecule has 1 rings (SSSR count). The van der Waals surface area contributed by atoms with Crippen molar-refractivity contribution in [3.05, 3.63) is 17.5 Å². The topological polar surface area (TPSA) is 59.0 Å². The SMILES string of the molecule is Cc1nn(C)cc1CNC(=O)CNC(C)C. The van der Waals surface area contributed by atoms with Crippen LogP contribution in [0.2, 0.25) is 0 Å². The molecule has 0 aromatic carbocycles. The maximum atomic E-state index is 11.4. The van der Waals surface area contributed by atoms with Gasteiger partial charge in [0.05, 0.1) is 12.2 Å². The summed E-state index contributed by atoms with van der Waals surface area (Å²) in [5.74, 6) is 0.0111. The van der Waals surface area contributed by atoms with Crippen LogP contribution in [-0.2, 0) is 18.4 Å². The number of nitrogens with zero attached hydrogens (tertiary/aromatic N) is 2. The molecule has 0 unspecified atom stereocenters. The van der Waals surface area contributed by atoms with E-state index in [0.717, 1.165) is 11.3 Å². The van der Waals surface area contributed by atoms with E-state index in [2.05, 4.69) is 15.7 Å². The van der Waals surface area contributed by atoms with Crippen molar-refractivity contribution in [3.8, 4) is 0 Å². The first-order valence-electron chi connectivity index (χ1n) is 5.48. The lowest BCUT2D eigenvalue weighted by Crippen LogP contribution is -2.36. The molecule has 0 atom stereocenters. The average Bonchev–Trinajstić information content (AvgIpc) is 2.51. The summed E-state index contributed by atoms with van der Waals surface area (Å²) in [5, 5.41) is 10.1. The van der Waals surface area contributed by atoms with Gasteiger partial charge in [-0.3, -0.25) is 9.48 Å². The van der Waals surface area contributed by atoms with Gasteiger partial charge in [0.25, 0.3) is 0 Å². The van der Waals surface area contributed by atoms with Gasteiger partial charge in [-0.2, -0.15) is 5.10 Å². The van der Waals surface area contributed by atoms with Crippen molar-refractivity contribution in [2.45, 2.75) is 33.4 Å². The molecule has 0 aliphatic heterocycles. The second kappa shape index (κ2) is 5.65. The summed E-state index contributed by atoms with van der Waals surface area (Å²) in [5.41, 5.74) is 2.01. The molecule has 0 fully saturated rings. The Labute approximate surface area is 96.2 Å². The first kappa shape index (κ1) is 12.7. The fraction of sp³-hybridized carbons (Fsp3) is 0.636. The van der Waals surface area contributed by atoms with Crippen LogP contribution in [0.15, 0.2) is 6.20 Å². The molecule has 2 N–H and O–H groups in total. The van der Waals surface area contributed by atoms with Gasteiger partial charge in [0.1, 0.15) is 0 Å². The highest BCUT2D eigenvalue weighted by molar-refractivity contribution is 5.78. The van der Waals surface area contributed by atoms with Crippen molar-refractivity contribution in [1.29, 1.82) is 0 Å². The van der Waals surface area contributed by atoms with Crippen molar-refractivity contribution in [2.24, 2.45) is 7.05 Å². The Bertz CT molecular complexity index is 357. The Morgan fingerprint density at radius 3 is 2.75 bits per heavy atom. The van der Waals surface area contributed by atoms with Crippen molar-refractivity contribution in [3.63, 3.8) is 0 Å². The molecule has 5 heteroatoms. The van der Waals surface area contributed by atoms with Crippen LogP contribution in [0.1, 0.15) is 25.1 Å². The number of carbonyl (C=O) groups is 1. The van der Waals surface area contributed by atoms with Crippen molar-refractivity contribution in [2.75, 3.05) is 6.54 Å². The molecule has 1 amide bonds. The van der Waals surface area contributed by atoms with E-state index in [-0.39, 0.29) is 5.91 Å². The van der Waals surface area contributed by atoms with Gasteiger partial charge in [-0.25, -0.2) is 0 Å². The lowest BCUT2D eigenvalue weighted by Gasteiger charge is -2.08. The molecule has 90 valence electrons. The van der Waals surface area contributed by atoms with Gasteiger partial charge < -0.3 is 10.6 Å². The maximum absolute atomic E-state index is 11.4. The molecule has 1 aromatic rings. The van der Waals surface area contributed by atoms with Gasteiger partial charge in [0, 0.05) is 31.4 Å². The van der Waals surface area contributed by atoms with Gasteiger partial charge in [-0.05, 0) is 6.92 Å². The van der Waals surface area contributed by atoms with Crippen LogP contribution in [-0.4, -0.2) is 28.3 Å².